The molecule has 1 fully saturated rings. The summed E-state index contributed by atoms with van der Waals surface area (Å²) in [5.74, 6) is 0.365. The van der Waals surface area contributed by atoms with E-state index < -0.39 is 0 Å². The number of amides is 1. The molecule has 0 atom stereocenters. The number of hydrogen-bond acceptors (Lipinski definition) is 3. The number of benzene rings is 2. The minimum Gasteiger partial charge on any atom is -0.351 e. The van der Waals surface area contributed by atoms with Gasteiger partial charge in [-0.05, 0) is 56.9 Å². The predicted molar refractivity (Wildman–Crippen MR) is 116 cm³/mol. The van der Waals surface area contributed by atoms with Crippen LogP contribution in [0.3, 0.4) is 0 Å². The maximum atomic E-state index is 12.6. The van der Waals surface area contributed by atoms with Gasteiger partial charge in [0.25, 0.3) is 0 Å². The third kappa shape index (κ3) is 5.36. The highest BCUT2D eigenvalue weighted by Gasteiger charge is 2.18. The van der Waals surface area contributed by atoms with E-state index in [1.54, 1.807) is 0 Å². The second-order valence-corrected chi connectivity index (χ2v) is 7.98. The van der Waals surface area contributed by atoms with Gasteiger partial charge in [-0.25, -0.2) is 4.99 Å². The highest BCUT2D eigenvalue weighted by molar-refractivity contribution is 8.14. The summed E-state index contributed by atoms with van der Waals surface area (Å²) in [6.45, 7) is 8.17. The first-order valence-corrected chi connectivity index (χ1v) is 10.4. The molecule has 1 aliphatic rings. The largest absolute Gasteiger partial charge is 0.351 e. The molecule has 4 nitrogen and oxygen atoms in total. The van der Waals surface area contributed by atoms with Crippen molar-refractivity contribution in [3.8, 4) is 0 Å². The predicted octanol–water partition coefficient (Wildman–Crippen LogP) is 5.07. The Bertz CT molecular complexity index is 804. The number of carbonyl (C=O) groups excluding carboxylic acids is 1. The Hall–Kier alpha value is -2.27. The van der Waals surface area contributed by atoms with Crippen LogP contribution >= 0.6 is 11.8 Å². The van der Waals surface area contributed by atoms with Crippen molar-refractivity contribution in [3.63, 3.8) is 0 Å². The number of rotatable bonds is 4. The molecule has 0 spiro atoms. The molecule has 1 N–H and O–H groups in total. The lowest BCUT2D eigenvalue weighted by Crippen LogP contribution is -2.27. The van der Waals surface area contributed by atoms with Crippen LogP contribution in [0.1, 0.15) is 29.5 Å². The van der Waals surface area contributed by atoms with Gasteiger partial charge >= 0.3 is 0 Å². The van der Waals surface area contributed by atoms with Crippen LogP contribution in [-0.2, 0) is 4.79 Å². The smallest absolute Gasteiger partial charge is 0.234 e. The van der Waals surface area contributed by atoms with Crippen LogP contribution < -0.4 is 5.32 Å². The van der Waals surface area contributed by atoms with Crippen molar-refractivity contribution in [3.05, 3.63) is 59.2 Å². The molecule has 1 amide bonds. The Labute approximate surface area is 166 Å². The summed E-state index contributed by atoms with van der Waals surface area (Å²) in [6.07, 6.45) is 2.37. The van der Waals surface area contributed by atoms with Gasteiger partial charge in [-0.1, -0.05) is 47.7 Å². The average Bonchev–Trinajstić information content (AvgIpc) is 3.17. The Morgan fingerprint density at radius 3 is 2.33 bits per heavy atom. The summed E-state index contributed by atoms with van der Waals surface area (Å²) >= 11 is 1.52. The molecule has 27 heavy (non-hydrogen) atoms. The molecule has 1 aliphatic heterocycles. The normalized spacial score (nSPS) is 14.5. The van der Waals surface area contributed by atoms with Crippen molar-refractivity contribution in [1.29, 1.82) is 0 Å². The van der Waals surface area contributed by atoms with Crippen molar-refractivity contribution < 1.29 is 4.79 Å². The topological polar surface area (TPSA) is 44.7 Å². The first-order chi connectivity index (χ1) is 13.0. The Balaban J connectivity index is 1.68. The number of nitrogens with one attached hydrogen (secondary N) is 1. The molecule has 142 valence electrons. The third-order valence-electron chi connectivity index (χ3n) is 4.63. The summed E-state index contributed by atoms with van der Waals surface area (Å²) < 4.78 is 0. The molecule has 0 aliphatic carbocycles. The number of aryl methyl sites for hydroxylation is 3. The van der Waals surface area contributed by atoms with Gasteiger partial charge in [0.15, 0.2) is 5.17 Å². The fraction of sp³-hybridized carbons (Fsp3) is 0.364. The summed E-state index contributed by atoms with van der Waals surface area (Å²) in [5, 5.41) is 4.02. The fourth-order valence-electron chi connectivity index (χ4n) is 3.40. The molecule has 0 bridgehead atoms. The molecule has 0 unspecified atom stereocenters. The molecular formula is C22H27N3OS. The number of hydrogen-bond donors (Lipinski definition) is 1. The van der Waals surface area contributed by atoms with E-state index in [2.05, 4.69) is 29.3 Å². The second-order valence-electron chi connectivity index (χ2n) is 7.03. The maximum Gasteiger partial charge on any atom is 0.234 e. The number of likely N-dealkylation sites (tertiary alicyclic amines) is 1. The van der Waals surface area contributed by atoms with Gasteiger partial charge < -0.3 is 10.2 Å². The van der Waals surface area contributed by atoms with E-state index in [0.29, 0.717) is 5.75 Å². The van der Waals surface area contributed by atoms with Gasteiger partial charge in [0.2, 0.25) is 5.91 Å². The summed E-state index contributed by atoms with van der Waals surface area (Å²) in [5.41, 5.74) is 5.27. The van der Waals surface area contributed by atoms with Crippen LogP contribution in [-0.4, -0.2) is 34.8 Å². The standard InChI is InChI=1S/C22H27N3OS/c1-16-13-17(2)21(18(3)14-16)24-20(26)15-27-22(25-11-7-8-12-25)23-19-9-5-4-6-10-19/h4-6,9-10,13-14H,7-8,11-12,15H2,1-3H3,(H,24,26). The van der Waals surface area contributed by atoms with E-state index in [0.717, 1.165) is 40.8 Å². The highest BCUT2D eigenvalue weighted by atomic mass is 32.2. The zero-order valence-electron chi connectivity index (χ0n) is 16.3. The minimum atomic E-state index is 0.00927. The molecule has 5 heteroatoms. The van der Waals surface area contributed by atoms with Crippen molar-refractivity contribution in [1.82, 2.24) is 4.90 Å². The summed E-state index contributed by atoms with van der Waals surface area (Å²) in [4.78, 5) is 19.6. The number of amidine groups is 1. The summed E-state index contributed by atoms with van der Waals surface area (Å²) in [6, 6.07) is 14.2. The molecular weight excluding hydrogens is 354 g/mol. The van der Waals surface area contributed by atoms with Crippen LogP contribution in [0.15, 0.2) is 47.5 Å². The number of para-hydroxylation sites is 1. The lowest BCUT2D eigenvalue weighted by atomic mass is 10.1. The lowest BCUT2D eigenvalue weighted by molar-refractivity contribution is -0.113. The third-order valence-corrected chi connectivity index (χ3v) is 5.65. The first-order valence-electron chi connectivity index (χ1n) is 9.42. The van der Waals surface area contributed by atoms with Gasteiger partial charge in [-0.3, -0.25) is 4.79 Å². The van der Waals surface area contributed by atoms with E-state index in [4.69, 9.17) is 4.99 Å². The van der Waals surface area contributed by atoms with E-state index in [1.807, 2.05) is 44.2 Å². The second kappa shape index (κ2) is 9.09. The highest BCUT2D eigenvalue weighted by Crippen LogP contribution is 2.24. The Morgan fingerprint density at radius 1 is 1.07 bits per heavy atom. The molecule has 1 heterocycles. The van der Waals surface area contributed by atoms with Gasteiger partial charge in [0.1, 0.15) is 0 Å². The first kappa shape index (κ1) is 19.5. The zero-order chi connectivity index (χ0) is 19.2. The number of carbonyl (C=O) groups is 1. The lowest BCUT2D eigenvalue weighted by Gasteiger charge is -2.19. The molecule has 2 aromatic carbocycles. The molecule has 1 saturated heterocycles. The van der Waals surface area contributed by atoms with Gasteiger partial charge in [0, 0.05) is 18.8 Å². The van der Waals surface area contributed by atoms with Gasteiger partial charge in [0.05, 0.1) is 11.4 Å². The van der Waals surface area contributed by atoms with Crippen LogP contribution in [0.5, 0.6) is 0 Å². The summed E-state index contributed by atoms with van der Waals surface area (Å²) in [7, 11) is 0. The molecule has 2 aromatic rings. The quantitative estimate of drug-likeness (QED) is 0.594. The Morgan fingerprint density at radius 2 is 1.70 bits per heavy atom. The number of nitrogens with zero attached hydrogens (tertiary/aromatic N) is 2. The SMILES string of the molecule is Cc1cc(C)c(NC(=O)CSC(=Nc2ccccc2)N2CCCC2)c(C)c1. The van der Waals surface area contributed by atoms with Crippen molar-refractivity contribution in [2.75, 3.05) is 24.2 Å². The molecule has 0 aromatic heterocycles. The molecule has 0 saturated carbocycles. The van der Waals surface area contributed by atoms with Crippen LogP contribution in [0.4, 0.5) is 11.4 Å². The average molecular weight is 382 g/mol. The minimum absolute atomic E-state index is 0.00927. The fourth-order valence-corrected chi connectivity index (χ4v) is 4.27. The van der Waals surface area contributed by atoms with E-state index in [-0.39, 0.29) is 5.91 Å². The van der Waals surface area contributed by atoms with Crippen LogP contribution in [0, 0.1) is 20.8 Å². The van der Waals surface area contributed by atoms with Crippen LogP contribution in [0.25, 0.3) is 0 Å². The van der Waals surface area contributed by atoms with E-state index in [9.17, 15) is 4.79 Å². The van der Waals surface area contributed by atoms with Gasteiger partial charge in [-0.15, -0.1) is 0 Å². The van der Waals surface area contributed by atoms with E-state index in [1.165, 1.54) is 30.2 Å². The monoisotopic (exact) mass is 381 g/mol. The Kier molecular flexibility index (Phi) is 6.56. The van der Waals surface area contributed by atoms with Crippen molar-refractivity contribution in [2.24, 2.45) is 4.99 Å². The van der Waals surface area contributed by atoms with Crippen molar-refractivity contribution in [2.45, 2.75) is 33.6 Å². The van der Waals surface area contributed by atoms with Crippen LogP contribution in [0.2, 0.25) is 0 Å². The number of anilines is 1. The molecule has 0 radical (unpaired) electrons. The molecule has 3 rings (SSSR count). The van der Waals surface area contributed by atoms with E-state index >= 15 is 0 Å². The number of aliphatic imine (C=N–C) groups is 1. The number of thioether (sulfide) groups is 1. The maximum absolute atomic E-state index is 12.6. The van der Waals surface area contributed by atoms with Crippen molar-refractivity contribution >= 4 is 34.2 Å². The van der Waals surface area contributed by atoms with Gasteiger partial charge in [-0.2, -0.15) is 0 Å². The zero-order valence-corrected chi connectivity index (χ0v) is 17.1.